The van der Waals surface area contributed by atoms with Crippen LogP contribution in [-0.2, 0) is 13.0 Å². The fourth-order valence-corrected chi connectivity index (χ4v) is 2.24. The zero-order valence-electron chi connectivity index (χ0n) is 10.2. The van der Waals surface area contributed by atoms with Gasteiger partial charge in [-0.15, -0.1) is 0 Å². The van der Waals surface area contributed by atoms with Crippen molar-refractivity contribution in [2.45, 2.75) is 33.2 Å². The first-order chi connectivity index (χ1) is 8.29. The van der Waals surface area contributed by atoms with Gasteiger partial charge in [-0.05, 0) is 24.5 Å². The highest BCUT2D eigenvalue weighted by Crippen LogP contribution is 2.15. The van der Waals surface area contributed by atoms with Crippen LogP contribution in [-0.4, -0.2) is 9.36 Å². The molecular weight excluding hydrogens is 230 g/mol. The molecule has 17 heavy (non-hydrogen) atoms. The van der Waals surface area contributed by atoms with Crippen molar-refractivity contribution >= 4 is 16.7 Å². The molecule has 0 aliphatic carbocycles. The number of nitrogens with one attached hydrogen (secondary N) is 1. The Morgan fingerprint density at radius 1 is 1.29 bits per heavy atom. The molecule has 1 aromatic heterocycles. The van der Waals surface area contributed by atoms with Crippen molar-refractivity contribution in [2.75, 3.05) is 5.32 Å². The van der Waals surface area contributed by atoms with E-state index in [0.29, 0.717) is 0 Å². The van der Waals surface area contributed by atoms with Gasteiger partial charge in [-0.25, -0.2) is 4.98 Å². The molecular formula is C13H17N3S. The van der Waals surface area contributed by atoms with E-state index in [1.54, 1.807) is 0 Å². The summed E-state index contributed by atoms with van der Waals surface area (Å²) in [6.07, 6.45) is 2.05. The summed E-state index contributed by atoms with van der Waals surface area (Å²) in [5, 5.41) is 4.24. The minimum Gasteiger partial charge on any atom is -0.356 e. The standard InChI is InChI=1S/C13H17N3S/c1-3-6-12-15-13(17-16-12)14-9-11-8-5-4-7-10(11)2/h4-5,7-8H,3,6,9H2,1-2H3,(H,14,15,16). The third-order valence-corrected chi connectivity index (χ3v) is 3.34. The first-order valence-electron chi connectivity index (χ1n) is 5.90. The van der Waals surface area contributed by atoms with Crippen LogP contribution in [0.15, 0.2) is 24.3 Å². The Labute approximate surface area is 106 Å². The summed E-state index contributed by atoms with van der Waals surface area (Å²) in [6, 6.07) is 8.38. The zero-order chi connectivity index (χ0) is 12.1. The maximum atomic E-state index is 4.44. The smallest absolute Gasteiger partial charge is 0.202 e. The molecule has 2 rings (SSSR count). The third kappa shape index (κ3) is 3.27. The Balaban J connectivity index is 1.95. The molecule has 2 aromatic rings. The van der Waals surface area contributed by atoms with Crippen LogP contribution in [0.25, 0.3) is 0 Å². The molecule has 0 atom stereocenters. The van der Waals surface area contributed by atoms with Crippen LogP contribution in [0.1, 0.15) is 30.3 Å². The van der Waals surface area contributed by atoms with Gasteiger partial charge in [-0.1, -0.05) is 31.2 Å². The van der Waals surface area contributed by atoms with Gasteiger partial charge >= 0.3 is 0 Å². The van der Waals surface area contributed by atoms with E-state index in [1.807, 2.05) is 0 Å². The zero-order valence-corrected chi connectivity index (χ0v) is 11.0. The molecule has 0 radical (unpaired) electrons. The maximum Gasteiger partial charge on any atom is 0.202 e. The molecule has 0 fully saturated rings. The largest absolute Gasteiger partial charge is 0.356 e. The highest BCUT2D eigenvalue weighted by Gasteiger charge is 2.03. The van der Waals surface area contributed by atoms with Crippen molar-refractivity contribution < 1.29 is 0 Å². The predicted octanol–water partition coefficient (Wildman–Crippen LogP) is 3.41. The molecule has 0 aliphatic heterocycles. The monoisotopic (exact) mass is 247 g/mol. The van der Waals surface area contributed by atoms with Crippen molar-refractivity contribution in [1.29, 1.82) is 0 Å². The molecule has 0 unspecified atom stereocenters. The van der Waals surface area contributed by atoms with Gasteiger partial charge in [0, 0.05) is 24.5 Å². The molecule has 0 aliphatic rings. The molecule has 3 nitrogen and oxygen atoms in total. The van der Waals surface area contributed by atoms with Crippen LogP contribution >= 0.6 is 11.5 Å². The first-order valence-corrected chi connectivity index (χ1v) is 6.68. The minimum absolute atomic E-state index is 0.813. The molecule has 1 N–H and O–H groups in total. The van der Waals surface area contributed by atoms with Crippen molar-refractivity contribution in [2.24, 2.45) is 0 Å². The van der Waals surface area contributed by atoms with Crippen molar-refractivity contribution in [3.8, 4) is 0 Å². The van der Waals surface area contributed by atoms with Crippen molar-refractivity contribution in [3.63, 3.8) is 0 Å². The number of nitrogens with zero attached hydrogens (tertiary/aromatic N) is 2. The number of benzene rings is 1. The van der Waals surface area contributed by atoms with Gasteiger partial charge in [0.2, 0.25) is 5.13 Å². The molecule has 90 valence electrons. The second kappa shape index (κ2) is 5.77. The van der Waals surface area contributed by atoms with Gasteiger partial charge in [-0.2, -0.15) is 4.37 Å². The summed E-state index contributed by atoms with van der Waals surface area (Å²) >= 11 is 1.44. The van der Waals surface area contributed by atoms with E-state index in [9.17, 15) is 0 Å². The van der Waals surface area contributed by atoms with E-state index in [1.165, 1.54) is 22.7 Å². The van der Waals surface area contributed by atoms with E-state index < -0.39 is 0 Å². The van der Waals surface area contributed by atoms with Gasteiger partial charge in [-0.3, -0.25) is 0 Å². The molecule has 0 spiro atoms. The number of anilines is 1. The summed E-state index contributed by atoms with van der Waals surface area (Å²) in [7, 11) is 0. The highest BCUT2D eigenvalue weighted by molar-refractivity contribution is 7.09. The van der Waals surface area contributed by atoms with Crippen molar-refractivity contribution in [3.05, 3.63) is 41.2 Å². The number of hydrogen-bond donors (Lipinski definition) is 1. The normalized spacial score (nSPS) is 10.5. The van der Waals surface area contributed by atoms with Crippen LogP contribution in [0.4, 0.5) is 5.13 Å². The molecule has 0 saturated carbocycles. The molecule has 4 heteroatoms. The minimum atomic E-state index is 0.813. The summed E-state index contributed by atoms with van der Waals surface area (Å²) in [4.78, 5) is 4.44. The summed E-state index contributed by atoms with van der Waals surface area (Å²) < 4.78 is 4.31. The average molecular weight is 247 g/mol. The second-order valence-electron chi connectivity index (χ2n) is 4.05. The van der Waals surface area contributed by atoms with Gasteiger partial charge in [0.05, 0.1) is 0 Å². The first kappa shape index (κ1) is 12.0. The number of aryl methyl sites for hydroxylation is 2. The number of rotatable bonds is 5. The van der Waals surface area contributed by atoms with Crippen LogP contribution in [0, 0.1) is 6.92 Å². The van der Waals surface area contributed by atoms with Gasteiger partial charge < -0.3 is 5.32 Å². The van der Waals surface area contributed by atoms with E-state index in [4.69, 9.17) is 0 Å². The summed E-state index contributed by atoms with van der Waals surface area (Å²) in [6.45, 7) is 5.08. The predicted molar refractivity (Wildman–Crippen MR) is 72.4 cm³/mol. The molecule has 0 saturated heterocycles. The number of aromatic nitrogens is 2. The lowest BCUT2D eigenvalue weighted by Crippen LogP contribution is -2.00. The van der Waals surface area contributed by atoms with Crippen LogP contribution in [0.5, 0.6) is 0 Å². The summed E-state index contributed by atoms with van der Waals surface area (Å²) in [5.74, 6) is 0.949. The Morgan fingerprint density at radius 2 is 2.12 bits per heavy atom. The second-order valence-corrected chi connectivity index (χ2v) is 4.80. The number of hydrogen-bond acceptors (Lipinski definition) is 4. The van der Waals surface area contributed by atoms with E-state index in [-0.39, 0.29) is 0 Å². The topological polar surface area (TPSA) is 37.8 Å². The molecule has 0 amide bonds. The van der Waals surface area contributed by atoms with Gasteiger partial charge in [0.25, 0.3) is 0 Å². The van der Waals surface area contributed by atoms with Gasteiger partial charge in [0.1, 0.15) is 5.82 Å². The Hall–Kier alpha value is -1.42. The highest BCUT2D eigenvalue weighted by atomic mass is 32.1. The maximum absolute atomic E-state index is 4.44. The Morgan fingerprint density at radius 3 is 2.88 bits per heavy atom. The quantitative estimate of drug-likeness (QED) is 0.879. The molecule has 1 aromatic carbocycles. The van der Waals surface area contributed by atoms with E-state index in [0.717, 1.165) is 30.3 Å². The Bertz CT molecular complexity index is 479. The fraction of sp³-hybridized carbons (Fsp3) is 0.385. The molecule has 0 bridgehead atoms. The van der Waals surface area contributed by atoms with Crippen molar-refractivity contribution in [1.82, 2.24) is 9.36 Å². The Kier molecular flexibility index (Phi) is 4.09. The lowest BCUT2D eigenvalue weighted by Gasteiger charge is -2.05. The van der Waals surface area contributed by atoms with Crippen LogP contribution < -0.4 is 5.32 Å². The van der Waals surface area contributed by atoms with Crippen LogP contribution in [0.3, 0.4) is 0 Å². The third-order valence-electron chi connectivity index (χ3n) is 2.63. The van der Waals surface area contributed by atoms with Crippen LogP contribution in [0.2, 0.25) is 0 Å². The fourth-order valence-electron chi connectivity index (χ4n) is 1.63. The average Bonchev–Trinajstić information content (AvgIpc) is 2.76. The van der Waals surface area contributed by atoms with E-state index in [2.05, 4.69) is 52.8 Å². The summed E-state index contributed by atoms with van der Waals surface area (Å²) in [5.41, 5.74) is 2.61. The molecule has 1 heterocycles. The van der Waals surface area contributed by atoms with E-state index >= 15 is 0 Å². The van der Waals surface area contributed by atoms with Gasteiger partial charge in [0.15, 0.2) is 0 Å². The lowest BCUT2D eigenvalue weighted by molar-refractivity contribution is 0.861. The SMILES string of the molecule is CCCc1nsc(NCc2ccccc2C)n1. The lowest BCUT2D eigenvalue weighted by atomic mass is 10.1.